The quantitative estimate of drug-likeness (QED) is 0.772. The van der Waals surface area contributed by atoms with Gasteiger partial charge in [0.15, 0.2) is 0 Å². The number of aliphatic hydroxyl groups excluding tert-OH is 2. The summed E-state index contributed by atoms with van der Waals surface area (Å²) in [5.74, 6) is 0. The summed E-state index contributed by atoms with van der Waals surface area (Å²) in [5, 5.41) is 20.5. The molecule has 0 spiro atoms. The van der Waals surface area contributed by atoms with Crippen LogP contribution in [-0.2, 0) is 0 Å². The van der Waals surface area contributed by atoms with Gasteiger partial charge in [0.1, 0.15) is 0 Å². The van der Waals surface area contributed by atoms with Gasteiger partial charge in [-0.3, -0.25) is 0 Å². The number of halogens is 1. The number of hydrogen-bond donors (Lipinski definition) is 3. The summed E-state index contributed by atoms with van der Waals surface area (Å²) in [7, 11) is 0. The monoisotopic (exact) mass is 316 g/mol. The van der Waals surface area contributed by atoms with Gasteiger partial charge < -0.3 is 20.4 Å². The van der Waals surface area contributed by atoms with Crippen LogP contribution in [0.5, 0.6) is 0 Å². The Bertz CT molecular complexity index is 406. The molecule has 0 aliphatic carbocycles. The lowest BCUT2D eigenvalue weighted by Crippen LogP contribution is -2.39. The van der Waals surface area contributed by atoms with E-state index in [0.29, 0.717) is 5.69 Å². The zero-order valence-corrected chi connectivity index (χ0v) is 11.8. The van der Waals surface area contributed by atoms with Gasteiger partial charge in [-0.1, -0.05) is 6.07 Å². The smallest absolute Gasteiger partial charge is 0.322 e. The van der Waals surface area contributed by atoms with Crippen molar-refractivity contribution in [1.29, 1.82) is 0 Å². The number of rotatable bonds is 5. The van der Waals surface area contributed by atoms with Gasteiger partial charge in [0.2, 0.25) is 0 Å². The van der Waals surface area contributed by atoms with Crippen LogP contribution in [0.2, 0.25) is 0 Å². The van der Waals surface area contributed by atoms with Gasteiger partial charge in [-0.15, -0.1) is 0 Å². The third-order valence-corrected chi connectivity index (χ3v) is 3.08. The first-order chi connectivity index (χ1) is 8.58. The third-order valence-electron chi connectivity index (χ3n) is 2.39. The molecule has 18 heavy (non-hydrogen) atoms. The van der Waals surface area contributed by atoms with Crippen LogP contribution in [0.4, 0.5) is 10.5 Å². The van der Waals surface area contributed by atoms with Crippen molar-refractivity contribution in [2.75, 3.05) is 31.6 Å². The summed E-state index contributed by atoms with van der Waals surface area (Å²) in [4.78, 5) is 13.3. The van der Waals surface area contributed by atoms with Crippen LogP contribution >= 0.6 is 15.9 Å². The number of aliphatic hydroxyl groups is 2. The molecule has 0 atom stereocenters. The first-order valence-corrected chi connectivity index (χ1v) is 6.41. The highest BCUT2D eigenvalue weighted by Gasteiger charge is 2.13. The van der Waals surface area contributed by atoms with Gasteiger partial charge in [-0.2, -0.15) is 0 Å². The molecule has 0 fully saturated rings. The minimum absolute atomic E-state index is 0.137. The standard InChI is InChI=1S/C12H17BrN2O3/c1-9-2-3-10(13)11(8-9)14-12(18)15(4-6-16)5-7-17/h2-3,8,16-17H,4-7H2,1H3,(H,14,18). The van der Waals surface area contributed by atoms with Gasteiger partial charge in [0, 0.05) is 17.6 Å². The molecule has 5 nitrogen and oxygen atoms in total. The van der Waals surface area contributed by atoms with E-state index in [2.05, 4.69) is 21.2 Å². The lowest BCUT2D eigenvalue weighted by atomic mass is 10.2. The van der Waals surface area contributed by atoms with Crippen molar-refractivity contribution in [2.24, 2.45) is 0 Å². The van der Waals surface area contributed by atoms with Crippen molar-refractivity contribution in [3.63, 3.8) is 0 Å². The highest BCUT2D eigenvalue weighted by atomic mass is 79.9. The van der Waals surface area contributed by atoms with E-state index in [1.54, 1.807) is 0 Å². The van der Waals surface area contributed by atoms with E-state index >= 15 is 0 Å². The number of nitrogens with zero attached hydrogens (tertiary/aromatic N) is 1. The van der Waals surface area contributed by atoms with E-state index in [9.17, 15) is 4.79 Å². The summed E-state index contributed by atoms with van der Waals surface area (Å²) in [6.07, 6.45) is 0. The van der Waals surface area contributed by atoms with Crippen molar-refractivity contribution in [3.8, 4) is 0 Å². The molecule has 6 heteroatoms. The molecule has 0 aliphatic heterocycles. The molecule has 0 bridgehead atoms. The molecule has 0 saturated carbocycles. The van der Waals surface area contributed by atoms with E-state index in [-0.39, 0.29) is 32.3 Å². The van der Waals surface area contributed by atoms with Crippen molar-refractivity contribution in [2.45, 2.75) is 6.92 Å². The second-order valence-corrected chi connectivity index (χ2v) is 4.70. The molecule has 0 aromatic heterocycles. The lowest BCUT2D eigenvalue weighted by molar-refractivity contribution is 0.167. The zero-order chi connectivity index (χ0) is 13.5. The van der Waals surface area contributed by atoms with Crippen LogP contribution < -0.4 is 5.32 Å². The van der Waals surface area contributed by atoms with Gasteiger partial charge in [0.05, 0.1) is 18.9 Å². The van der Waals surface area contributed by atoms with Gasteiger partial charge in [-0.05, 0) is 40.5 Å². The molecule has 1 aromatic carbocycles. The predicted molar refractivity (Wildman–Crippen MR) is 73.6 cm³/mol. The summed E-state index contributed by atoms with van der Waals surface area (Å²) in [6, 6.07) is 5.29. The minimum Gasteiger partial charge on any atom is -0.395 e. The highest BCUT2D eigenvalue weighted by Crippen LogP contribution is 2.23. The fraction of sp³-hybridized carbons (Fsp3) is 0.417. The number of urea groups is 1. The predicted octanol–water partition coefficient (Wildman–Crippen LogP) is 1.58. The molecule has 0 heterocycles. The minimum atomic E-state index is -0.343. The number of benzene rings is 1. The van der Waals surface area contributed by atoms with E-state index in [1.165, 1.54) is 4.90 Å². The first-order valence-electron chi connectivity index (χ1n) is 5.62. The Kier molecular flexibility index (Phi) is 6.11. The molecular weight excluding hydrogens is 300 g/mol. The number of carbonyl (C=O) groups is 1. The normalized spacial score (nSPS) is 10.2. The second-order valence-electron chi connectivity index (χ2n) is 3.85. The first kappa shape index (κ1) is 14.9. The molecule has 0 unspecified atom stereocenters. The number of hydrogen-bond acceptors (Lipinski definition) is 3. The van der Waals surface area contributed by atoms with Crippen LogP contribution in [0.3, 0.4) is 0 Å². The molecule has 0 saturated heterocycles. The largest absolute Gasteiger partial charge is 0.395 e. The SMILES string of the molecule is Cc1ccc(Br)c(NC(=O)N(CCO)CCO)c1. The maximum Gasteiger partial charge on any atom is 0.322 e. The Morgan fingerprint density at radius 2 is 1.94 bits per heavy atom. The Morgan fingerprint density at radius 1 is 1.33 bits per heavy atom. The van der Waals surface area contributed by atoms with E-state index in [0.717, 1.165) is 10.0 Å². The van der Waals surface area contributed by atoms with Gasteiger partial charge in [-0.25, -0.2) is 4.79 Å². The maximum absolute atomic E-state index is 11.9. The number of carbonyl (C=O) groups excluding carboxylic acids is 1. The van der Waals surface area contributed by atoms with E-state index in [4.69, 9.17) is 10.2 Å². The Labute approximate surface area is 115 Å². The van der Waals surface area contributed by atoms with Crippen molar-refractivity contribution >= 4 is 27.6 Å². The molecule has 3 N–H and O–H groups in total. The molecule has 0 radical (unpaired) electrons. The molecule has 1 rings (SSSR count). The fourth-order valence-electron chi connectivity index (χ4n) is 1.49. The number of anilines is 1. The maximum atomic E-state index is 11.9. The molecule has 1 aromatic rings. The van der Waals surface area contributed by atoms with Crippen LogP contribution in [-0.4, -0.2) is 47.4 Å². The molecule has 2 amide bonds. The third kappa shape index (κ3) is 4.29. The topological polar surface area (TPSA) is 72.8 Å². The Balaban J connectivity index is 2.75. The summed E-state index contributed by atoms with van der Waals surface area (Å²) < 4.78 is 0.786. The van der Waals surface area contributed by atoms with Crippen LogP contribution in [0.1, 0.15) is 5.56 Å². The van der Waals surface area contributed by atoms with E-state index < -0.39 is 0 Å². The summed E-state index contributed by atoms with van der Waals surface area (Å²) in [6.45, 7) is 2.04. The number of nitrogens with one attached hydrogen (secondary N) is 1. The average Bonchev–Trinajstić information content (AvgIpc) is 2.33. The zero-order valence-electron chi connectivity index (χ0n) is 10.2. The second kappa shape index (κ2) is 7.35. The molecular formula is C12H17BrN2O3. The number of aryl methyl sites for hydroxylation is 1. The van der Waals surface area contributed by atoms with Crippen LogP contribution in [0.25, 0.3) is 0 Å². The lowest BCUT2D eigenvalue weighted by Gasteiger charge is -2.21. The summed E-state index contributed by atoms with van der Waals surface area (Å²) in [5.41, 5.74) is 1.70. The van der Waals surface area contributed by atoms with Gasteiger partial charge in [0.25, 0.3) is 0 Å². The number of amides is 2. The highest BCUT2D eigenvalue weighted by molar-refractivity contribution is 9.10. The van der Waals surface area contributed by atoms with Crippen LogP contribution in [0.15, 0.2) is 22.7 Å². The van der Waals surface area contributed by atoms with Crippen molar-refractivity contribution in [1.82, 2.24) is 4.90 Å². The van der Waals surface area contributed by atoms with E-state index in [1.807, 2.05) is 25.1 Å². The Morgan fingerprint density at radius 3 is 2.50 bits per heavy atom. The average molecular weight is 317 g/mol. The van der Waals surface area contributed by atoms with Gasteiger partial charge >= 0.3 is 6.03 Å². The fourth-order valence-corrected chi connectivity index (χ4v) is 1.83. The van der Waals surface area contributed by atoms with Crippen molar-refractivity contribution in [3.05, 3.63) is 28.2 Å². The molecule has 100 valence electrons. The van der Waals surface area contributed by atoms with Crippen LogP contribution in [0, 0.1) is 6.92 Å². The Hall–Kier alpha value is -1.11. The summed E-state index contributed by atoms with van der Waals surface area (Å²) >= 11 is 3.35. The molecule has 0 aliphatic rings. The van der Waals surface area contributed by atoms with Crippen molar-refractivity contribution < 1.29 is 15.0 Å².